The van der Waals surface area contributed by atoms with Crippen LogP contribution in [0.2, 0.25) is 0 Å². The molecule has 1 fully saturated rings. The van der Waals surface area contributed by atoms with Gasteiger partial charge in [0.25, 0.3) is 0 Å². The molecule has 2 atom stereocenters. The summed E-state index contributed by atoms with van der Waals surface area (Å²) in [6.45, 7) is 2.29. The molecule has 0 amide bonds. The van der Waals surface area contributed by atoms with Crippen LogP contribution in [-0.2, 0) is 0 Å². The minimum absolute atomic E-state index is 0.297. The fraction of sp³-hybridized carbons (Fsp3) is 0.333. The molecule has 0 spiro atoms. The average Bonchev–Trinajstić information content (AvgIpc) is 2.64. The second-order valence-electron chi connectivity index (χ2n) is 6.91. The van der Waals surface area contributed by atoms with Gasteiger partial charge in [-0.15, -0.1) is 0 Å². The number of para-hydroxylation sites is 1. The molecule has 1 aliphatic carbocycles. The first kappa shape index (κ1) is 16.0. The molecule has 1 aromatic heterocycles. The van der Waals surface area contributed by atoms with Gasteiger partial charge in [-0.25, -0.2) is 14.4 Å². The van der Waals surface area contributed by atoms with E-state index in [0.717, 1.165) is 23.1 Å². The third-order valence-corrected chi connectivity index (χ3v) is 5.15. The van der Waals surface area contributed by atoms with Crippen molar-refractivity contribution in [2.45, 2.75) is 38.6 Å². The van der Waals surface area contributed by atoms with Gasteiger partial charge in [-0.05, 0) is 43.0 Å². The lowest BCUT2D eigenvalue weighted by atomic mass is 9.86. The van der Waals surface area contributed by atoms with E-state index in [0.29, 0.717) is 23.3 Å². The highest BCUT2D eigenvalue weighted by molar-refractivity contribution is 5.90. The van der Waals surface area contributed by atoms with Crippen molar-refractivity contribution in [2.75, 3.05) is 5.32 Å². The molecule has 1 saturated carbocycles. The molecule has 0 bridgehead atoms. The van der Waals surface area contributed by atoms with Crippen molar-refractivity contribution in [2.24, 2.45) is 5.92 Å². The summed E-state index contributed by atoms with van der Waals surface area (Å²) in [5.41, 5.74) is 1.27. The number of aromatic nitrogens is 2. The van der Waals surface area contributed by atoms with E-state index >= 15 is 0 Å². The first-order valence-electron chi connectivity index (χ1n) is 9.00. The number of hydrogen-bond donors (Lipinski definition) is 1. The van der Waals surface area contributed by atoms with E-state index in [1.165, 1.54) is 25.3 Å². The number of benzene rings is 2. The summed E-state index contributed by atoms with van der Waals surface area (Å²) in [5, 5.41) is 4.62. The number of hydrogen-bond acceptors (Lipinski definition) is 3. The molecule has 1 heterocycles. The summed E-state index contributed by atoms with van der Waals surface area (Å²) in [4.78, 5) is 9.29. The monoisotopic (exact) mass is 335 g/mol. The molecule has 128 valence electrons. The highest BCUT2D eigenvalue weighted by atomic mass is 19.1. The van der Waals surface area contributed by atoms with Crippen molar-refractivity contribution in [3.63, 3.8) is 0 Å². The summed E-state index contributed by atoms with van der Waals surface area (Å²) in [7, 11) is 0. The number of fused-ring (bicyclic) bond motifs is 1. The van der Waals surface area contributed by atoms with Crippen molar-refractivity contribution >= 4 is 16.7 Å². The maximum absolute atomic E-state index is 14.2. The molecule has 25 heavy (non-hydrogen) atoms. The molecule has 3 aromatic rings. The standard InChI is InChI=1S/C21H22FN3/c1-14-8-2-6-12-18(14)23-21-16-10-4-7-13-19(16)24-20(25-21)15-9-3-5-11-17(15)22/h3-5,7,9-11,13-14,18H,2,6,8,12H2,1H3,(H,23,24,25)/t14-,18+/m1/s1. The van der Waals surface area contributed by atoms with E-state index in [1.807, 2.05) is 30.3 Å². The first-order chi connectivity index (χ1) is 12.2. The SMILES string of the molecule is C[C@@H]1CCCC[C@@H]1Nc1nc(-c2ccccc2F)nc2ccccc12. The zero-order chi connectivity index (χ0) is 17.2. The van der Waals surface area contributed by atoms with Crippen LogP contribution in [-0.4, -0.2) is 16.0 Å². The first-order valence-corrected chi connectivity index (χ1v) is 9.00. The zero-order valence-corrected chi connectivity index (χ0v) is 14.4. The molecule has 2 aromatic carbocycles. The van der Waals surface area contributed by atoms with E-state index in [9.17, 15) is 4.39 Å². The Bertz CT molecular complexity index is 893. The number of nitrogens with one attached hydrogen (secondary N) is 1. The Labute approximate surface area is 147 Å². The van der Waals surface area contributed by atoms with Crippen molar-refractivity contribution in [1.29, 1.82) is 0 Å². The molecule has 0 aliphatic heterocycles. The molecule has 1 N–H and O–H groups in total. The van der Waals surface area contributed by atoms with Gasteiger partial charge in [-0.2, -0.15) is 0 Å². The number of halogens is 1. The summed E-state index contributed by atoms with van der Waals surface area (Å²) < 4.78 is 14.2. The van der Waals surface area contributed by atoms with E-state index in [4.69, 9.17) is 4.98 Å². The fourth-order valence-corrected chi connectivity index (χ4v) is 3.66. The van der Waals surface area contributed by atoms with Gasteiger partial charge in [-0.3, -0.25) is 0 Å². The van der Waals surface area contributed by atoms with Crippen molar-refractivity contribution in [3.8, 4) is 11.4 Å². The molecule has 0 unspecified atom stereocenters. The van der Waals surface area contributed by atoms with Crippen LogP contribution in [0.4, 0.5) is 10.2 Å². The topological polar surface area (TPSA) is 37.8 Å². The summed E-state index contributed by atoms with van der Waals surface area (Å²) in [6.07, 6.45) is 4.92. The molecule has 1 aliphatic rings. The Balaban J connectivity index is 1.80. The Kier molecular flexibility index (Phi) is 4.35. The lowest BCUT2D eigenvalue weighted by Gasteiger charge is -2.30. The lowest BCUT2D eigenvalue weighted by Crippen LogP contribution is -2.30. The number of rotatable bonds is 3. The van der Waals surface area contributed by atoms with Crippen molar-refractivity contribution < 1.29 is 4.39 Å². The van der Waals surface area contributed by atoms with Gasteiger partial charge in [0.15, 0.2) is 5.82 Å². The lowest BCUT2D eigenvalue weighted by molar-refractivity contribution is 0.349. The normalized spacial score (nSPS) is 20.6. The Morgan fingerprint density at radius 3 is 2.56 bits per heavy atom. The van der Waals surface area contributed by atoms with Crippen molar-refractivity contribution in [1.82, 2.24) is 9.97 Å². The highest BCUT2D eigenvalue weighted by Crippen LogP contribution is 2.30. The molecular weight excluding hydrogens is 313 g/mol. The van der Waals surface area contributed by atoms with Gasteiger partial charge in [0.05, 0.1) is 11.1 Å². The predicted octanol–water partition coefficient (Wildman–Crippen LogP) is 5.43. The molecule has 3 nitrogen and oxygen atoms in total. The van der Waals surface area contributed by atoms with Crippen LogP contribution in [0.3, 0.4) is 0 Å². The van der Waals surface area contributed by atoms with Crippen LogP contribution in [0.5, 0.6) is 0 Å². The van der Waals surface area contributed by atoms with Crippen LogP contribution in [0, 0.1) is 11.7 Å². The maximum atomic E-state index is 14.2. The van der Waals surface area contributed by atoms with Gasteiger partial charge in [0.2, 0.25) is 0 Å². The van der Waals surface area contributed by atoms with Crippen LogP contribution in [0.25, 0.3) is 22.3 Å². The average molecular weight is 335 g/mol. The number of nitrogens with zero attached hydrogens (tertiary/aromatic N) is 2. The third kappa shape index (κ3) is 3.21. The molecule has 0 saturated heterocycles. The fourth-order valence-electron chi connectivity index (χ4n) is 3.66. The molecule has 4 rings (SSSR count). The van der Waals surface area contributed by atoms with Gasteiger partial charge < -0.3 is 5.32 Å². The van der Waals surface area contributed by atoms with Gasteiger partial charge >= 0.3 is 0 Å². The summed E-state index contributed by atoms with van der Waals surface area (Å²) in [6, 6.07) is 15.0. The minimum atomic E-state index is -0.297. The predicted molar refractivity (Wildman–Crippen MR) is 100.0 cm³/mol. The molecule has 4 heteroatoms. The smallest absolute Gasteiger partial charge is 0.165 e. The van der Waals surface area contributed by atoms with Crippen molar-refractivity contribution in [3.05, 3.63) is 54.3 Å². The summed E-state index contributed by atoms with van der Waals surface area (Å²) in [5.74, 6) is 1.56. The van der Waals surface area contributed by atoms with Crippen LogP contribution in [0.15, 0.2) is 48.5 Å². The molecular formula is C21H22FN3. The van der Waals surface area contributed by atoms with Crippen LogP contribution < -0.4 is 5.32 Å². The quantitative estimate of drug-likeness (QED) is 0.694. The third-order valence-electron chi connectivity index (χ3n) is 5.15. The maximum Gasteiger partial charge on any atom is 0.165 e. The Hall–Kier alpha value is -2.49. The van der Waals surface area contributed by atoms with Gasteiger partial charge in [-0.1, -0.05) is 44.0 Å². The summed E-state index contributed by atoms with van der Waals surface area (Å²) >= 11 is 0. The second-order valence-corrected chi connectivity index (χ2v) is 6.91. The largest absolute Gasteiger partial charge is 0.366 e. The number of anilines is 1. The minimum Gasteiger partial charge on any atom is -0.366 e. The van der Waals surface area contributed by atoms with E-state index < -0.39 is 0 Å². The van der Waals surface area contributed by atoms with E-state index in [-0.39, 0.29) is 5.82 Å². The Morgan fingerprint density at radius 2 is 1.72 bits per heavy atom. The van der Waals surface area contributed by atoms with Gasteiger partial charge in [0.1, 0.15) is 11.6 Å². The van der Waals surface area contributed by atoms with E-state index in [2.05, 4.69) is 17.2 Å². The molecule has 0 radical (unpaired) electrons. The van der Waals surface area contributed by atoms with Crippen LogP contribution >= 0.6 is 0 Å². The zero-order valence-electron chi connectivity index (χ0n) is 14.4. The van der Waals surface area contributed by atoms with Gasteiger partial charge in [0, 0.05) is 11.4 Å². The highest BCUT2D eigenvalue weighted by Gasteiger charge is 2.22. The Morgan fingerprint density at radius 1 is 0.960 bits per heavy atom. The second kappa shape index (κ2) is 6.79. The van der Waals surface area contributed by atoms with E-state index in [1.54, 1.807) is 12.1 Å². The van der Waals surface area contributed by atoms with Crippen LogP contribution in [0.1, 0.15) is 32.6 Å².